The van der Waals surface area contributed by atoms with Gasteiger partial charge in [0.15, 0.2) is 0 Å². The summed E-state index contributed by atoms with van der Waals surface area (Å²) in [5.74, 6) is -1.63. The molecule has 2 saturated heterocycles. The Morgan fingerprint density at radius 3 is 1.25 bits per heavy atom. The molecule has 0 aliphatic carbocycles. The van der Waals surface area contributed by atoms with E-state index < -0.39 is 46.3 Å². The van der Waals surface area contributed by atoms with Crippen LogP contribution in [0.3, 0.4) is 0 Å². The lowest BCUT2D eigenvalue weighted by Gasteiger charge is -2.55. The summed E-state index contributed by atoms with van der Waals surface area (Å²) in [7, 11) is 1.35. The number of esters is 2. The van der Waals surface area contributed by atoms with E-state index in [-0.39, 0.29) is 41.6 Å². The minimum Gasteiger partial charge on any atom is -0.467 e. The zero-order chi connectivity index (χ0) is 36.4. The first-order chi connectivity index (χ1) is 22.0. The Hall–Kier alpha value is -3.97. The number of piperidine rings is 2. The minimum atomic E-state index is -0.686. The lowest BCUT2D eigenvalue weighted by atomic mass is 9.72. The van der Waals surface area contributed by atoms with Gasteiger partial charge in [0, 0.05) is 47.8 Å². The first-order valence-corrected chi connectivity index (χ1v) is 16.4. The fourth-order valence-electron chi connectivity index (χ4n) is 8.47. The number of methoxy groups -OCH3 is 1. The fraction of sp³-hybridized carbons (Fsp3) is 0.735. The number of hydrogen-bond acceptors (Lipinski definition) is 12. The number of hydrogen-bond donors (Lipinski definition) is 0. The molecule has 0 N–H and O–H groups in total. The van der Waals surface area contributed by atoms with Crippen LogP contribution in [-0.2, 0) is 28.7 Å². The molecular weight excluding hydrogens is 618 g/mol. The summed E-state index contributed by atoms with van der Waals surface area (Å²) in [5.41, 5.74) is -1.62. The Bertz CT molecular complexity index is 1310. The van der Waals surface area contributed by atoms with E-state index in [1.807, 2.05) is 79.0 Å². The van der Waals surface area contributed by atoms with Crippen LogP contribution < -0.4 is 4.74 Å². The van der Waals surface area contributed by atoms with Crippen LogP contribution in [0.1, 0.15) is 109 Å². The predicted octanol–water partition coefficient (Wildman–Crippen LogP) is 4.78. The van der Waals surface area contributed by atoms with Gasteiger partial charge in [0.05, 0.1) is 7.11 Å². The summed E-state index contributed by atoms with van der Waals surface area (Å²) in [6.07, 6.45) is 3.75. The summed E-state index contributed by atoms with van der Waals surface area (Å²) in [6, 6.07) is -0.115. The standard InChI is InChI=1S/C34H53N7O7/c1-20(24-14-31(5,6)40(22(3)42)32(7,8)15-24)47-26(44)18-35-28-37-29(39-30(38-28)46-13)36-19-27(45)48-21(2)25-16-33(9,10)41(23(4)43)34(11,12)17-25/h18-21,24-25H,14-17H2,1-13H3/b35-18+,36-19+. The number of carbonyl (C=O) groups is 4. The zero-order valence-corrected chi connectivity index (χ0v) is 30.8. The van der Waals surface area contributed by atoms with Crippen LogP contribution in [0.25, 0.3) is 0 Å². The molecule has 0 bridgehead atoms. The van der Waals surface area contributed by atoms with Crippen molar-refractivity contribution in [1.82, 2.24) is 24.8 Å². The highest BCUT2D eigenvalue weighted by molar-refractivity contribution is 6.24. The van der Waals surface area contributed by atoms with Gasteiger partial charge in [-0.05, 0) is 94.9 Å². The lowest BCUT2D eigenvalue weighted by Crippen LogP contribution is -2.63. The Balaban J connectivity index is 1.65. The van der Waals surface area contributed by atoms with Gasteiger partial charge in [-0.1, -0.05) is 0 Å². The van der Waals surface area contributed by atoms with Crippen LogP contribution >= 0.6 is 0 Å². The maximum Gasteiger partial charge on any atom is 0.349 e. The first kappa shape index (κ1) is 38.5. The van der Waals surface area contributed by atoms with Crippen LogP contribution in [0.15, 0.2) is 9.98 Å². The van der Waals surface area contributed by atoms with Crippen LogP contribution in [0.2, 0.25) is 0 Å². The number of aliphatic imine (C=N–C) groups is 2. The van der Waals surface area contributed by atoms with Gasteiger partial charge in [0.25, 0.3) is 11.9 Å². The molecule has 14 heteroatoms. The van der Waals surface area contributed by atoms with Crippen molar-refractivity contribution in [3.8, 4) is 6.01 Å². The van der Waals surface area contributed by atoms with Crippen LogP contribution in [0, 0.1) is 11.8 Å². The summed E-state index contributed by atoms with van der Waals surface area (Å²) in [5, 5.41) is 0. The molecule has 2 unspecified atom stereocenters. The molecule has 2 amide bonds. The molecule has 2 aliphatic rings. The van der Waals surface area contributed by atoms with Gasteiger partial charge >= 0.3 is 17.9 Å². The Labute approximate surface area is 284 Å². The number of rotatable bonds is 9. The molecule has 3 rings (SSSR count). The number of carbonyl (C=O) groups excluding carboxylic acids is 4. The van der Waals surface area contributed by atoms with Gasteiger partial charge in [-0.2, -0.15) is 15.0 Å². The fourth-order valence-corrected chi connectivity index (χ4v) is 8.47. The van der Waals surface area contributed by atoms with E-state index >= 15 is 0 Å². The average molecular weight is 672 g/mol. The second kappa shape index (κ2) is 14.3. The molecule has 2 atom stereocenters. The summed E-state index contributed by atoms with van der Waals surface area (Å²) in [4.78, 5) is 74.3. The largest absolute Gasteiger partial charge is 0.467 e. The van der Waals surface area contributed by atoms with Gasteiger partial charge in [-0.25, -0.2) is 19.6 Å². The molecule has 2 fully saturated rings. The molecule has 1 aromatic heterocycles. The van der Waals surface area contributed by atoms with E-state index in [4.69, 9.17) is 14.2 Å². The Kier molecular flexibility index (Phi) is 11.4. The van der Waals surface area contributed by atoms with Crippen molar-refractivity contribution in [3.63, 3.8) is 0 Å². The third-order valence-electron chi connectivity index (χ3n) is 9.37. The number of ether oxygens (including phenoxy) is 3. The van der Waals surface area contributed by atoms with Gasteiger partial charge in [0.2, 0.25) is 11.8 Å². The van der Waals surface area contributed by atoms with Crippen LogP contribution in [0.5, 0.6) is 6.01 Å². The van der Waals surface area contributed by atoms with E-state index in [0.29, 0.717) is 25.7 Å². The Morgan fingerprint density at radius 1 is 0.667 bits per heavy atom. The minimum absolute atomic E-state index is 0.0131. The maximum atomic E-state index is 12.7. The van der Waals surface area contributed by atoms with Crippen molar-refractivity contribution in [2.45, 2.75) is 143 Å². The first-order valence-electron chi connectivity index (χ1n) is 16.4. The third kappa shape index (κ3) is 9.13. The average Bonchev–Trinajstić information content (AvgIpc) is 2.91. The van der Waals surface area contributed by atoms with Crippen molar-refractivity contribution in [1.29, 1.82) is 0 Å². The van der Waals surface area contributed by atoms with Gasteiger partial charge in [-0.3, -0.25) is 9.59 Å². The summed E-state index contributed by atoms with van der Waals surface area (Å²) >= 11 is 0. The molecule has 0 radical (unpaired) electrons. The van der Waals surface area contributed by atoms with Crippen LogP contribution in [-0.4, -0.2) is 102 Å². The van der Waals surface area contributed by atoms with Gasteiger partial charge in [0.1, 0.15) is 24.6 Å². The smallest absolute Gasteiger partial charge is 0.349 e. The van der Waals surface area contributed by atoms with Crippen molar-refractivity contribution < 1.29 is 33.4 Å². The lowest BCUT2D eigenvalue weighted by molar-refractivity contribution is -0.158. The van der Waals surface area contributed by atoms with Crippen molar-refractivity contribution in [3.05, 3.63) is 0 Å². The van der Waals surface area contributed by atoms with Crippen molar-refractivity contribution in [2.75, 3.05) is 7.11 Å². The molecule has 14 nitrogen and oxygen atoms in total. The predicted molar refractivity (Wildman–Crippen MR) is 181 cm³/mol. The highest BCUT2D eigenvalue weighted by Gasteiger charge is 2.49. The summed E-state index contributed by atoms with van der Waals surface area (Å²) in [6.45, 7) is 23.0. The topological polar surface area (TPSA) is 166 Å². The van der Waals surface area contributed by atoms with Crippen molar-refractivity contribution >= 4 is 48.1 Å². The molecule has 0 saturated carbocycles. The Morgan fingerprint density at radius 2 is 0.979 bits per heavy atom. The van der Waals surface area contributed by atoms with E-state index in [1.54, 1.807) is 13.8 Å². The highest BCUT2D eigenvalue weighted by Crippen LogP contribution is 2.44. The zero-order valence-electron chi connectivity index (χ0n) is 30.8. The van der Waals surface area contributed by atoms with Gasteiger partial charge in [-0.15, -0.1) is 0 Å². The third-order valence-corrected chi connectivity index (χ3v) is 9.37. The number of likely N-dealkylation sites (tertiary alicyclic amines) is 2. The molecule has 266 valence electrons. The van der Waals surface area contributed by atoms with E-state index in [2.05, 4.69) is 24.9 Å². The molecule has 2 aliphatic heterocycles. The molecular formula is C34H53N7O7. The quantitative estimate of drug-likeness (QED) is 0.263. The van der Waals surface area contributed by atoms with Gasteiger partial charge < -0.3 is 24.0 Å². The molecule has 0 aromatic carbocycles. The normalized spacial score (nSPS) is 21.9. The van der Waals surface area contributed by atoms with Crippen molar-refractivity contribution in [2.24, 2.45) is 21.8 Å². The number of amides is 2. The second-order valence-electron chi connectivity index (χ2n) is 15.5. The maximum absolute atomic E-state index is 12.7. The summed E-state index contributed by atoms with van der Waals surface area (Å²) < 4.78 is 16.5. The molecule has 48 heavy (non-hydrogen) atoms. The van der Waals surface area contributed by atoms with Crippen LogP contribution in [0.4, 0.5) is 11.9 Å². The molecule has 1 aromatic rings. The molecule has 0 spiro atoms. The monoisotopic (exact) mass is 671 g/mol. The van der Waals surface area contributed by atoms with E-state index in [9.17, 15) is 19.2 Å². The second-order valence-corrected chi connectivity index (χ2v) is 15.5. The van der Waals surface area contributed by atoms with E-state index in [1.165, 1.54) is 7.11 Å². The molecule has 3 heterocycles. The van der Waals surface area contributed by atoms with E-state index in [0.717, 1.165) is 12.4 Å². The highest BCUT2D eigenvalue weighted by atomic mass is 16.5. The SMILES string of the molecule is COc1nc(/N=C/C(=O)OC(C)C2CC(C)(C)N(C(C)=O)C(C)(C)C2)nc(/N=C/C(=O)OC(C)C2CC(C)(C)N(C(C)=O)C(C)(C)C2)n1. The number of nitrogens with zero attached hydrogens (tertiary/aromatic N) is 7. The number of aromatic nitrogens is 3.